The molecule has 9 nitrogen and oxygen atoms in total. The van der Waals surface area contributed by atoms with Crippen LogP contribution in [0.15, 0.2) is 37.1 Å². The van der Waals surface area contributed by atoms with Crippen LogP contribution in [0.1, 0.15) is 36.2 Å². The molecule has 1 aliphatic heterocycles. The van der Waals surface area contributed by atoms with Crippen LogP contribution in [0.2, 0.25) is 0 Å². The molecule has 0 amide bonds. The highest BCUT2D eigenvalue weighted by Crippen LogP contribution is 2.41. The molecule has 31 heavy (non-hydrogen) atoms. The van der Waals surface area contributed by atoms with Crippen LogP contribution in [0.25, 0.3) is 0 Å². The van der Waals surface area contributed by atoms with Crippen molar-refractivity contribution in [1.29, 1.82) is 0 Å². The van der Waals surface area contributed by atoms with E-state index >= 15 is 0 Å². The van der Waals surface area contributed by atoms with Gasteiger partial charge in [-0.25, -0.2) is 24.3 Å². The second-order valence-corrected chi connectivity index (χ2v) is 7.11. The zero-order valence-electron chi connectivity index (χ0n) is 16.5. The van der Waals surface area contributed by atoms with Crippen LogP contribution < -0.4 is 21.3 Å². The first-order valence-electron chi connectivity index (χ1n) is 9.19. The number of nitrogens with two attached hydrogens (primary N) is 2. The van der Waals surface area contributed by atoms with Crippen LogP contribution in [0.4, 0.5) is 29.2 Å². The lowest BCUT2D eigenvalue weighted by Crippen LogP contribution is -2.62. The maximum absolute atomic E-state index is 13.4. The predicted octanol–water partition coefficient (Wildman–Crippen LogP) is 2.05. The average molecular weight is 437 g/mol. The fourth-order valence-corrected chi connectivity index (χ4v) is 3.51. The first kappa shape index (κ1) is 20.9. The van der Waals surface area contributed by atoms with E-state index in [4.69, 9.17) is 11.5 Å². The summed E-state index contributed by atoms with van der Waals surface area (Å²) in [5.41, 5.74) is 12.1. The van der Waals surface area contributed by atoms with E-state index in [-0.39, 0.29) is 11.6 Å². The van der Waals surface area contributed by atoms with Gasteiger partial charge in [0, 0.05) is 18.8 Å². The Bertz CT molecular complexity index is 1080. The monoisotopic (exact) mass is 437 g/mol. The normalized spacial score (nSPS) is 20.0. The highest BCUT2D eigenvalue weighted by molar-refractivity contribution is 5.60. The first-order chi connectivity index (χ1) is 14.6. The number of imidazole rings is 1. The lowest BCUT2D eigenvalue weighted by atomic mass is 10.1. The SMILES string of the molecule is CC(c1ncc(F)cn1)N1c2nc(C(F)(F)F)ccc2C(N)N(c2cn(C)cn2)C1N. The third-order valence-corrected chi connectivity index (χ3v) is 5.02. The highest BCUT2D eigenvalue weighted by Gasteiger charge is 2.43. The quantitative estimate of drug-likeness (QED) is 0.599. The number of fused-ring (bicyclic) bond motifs is 1. The molecule has 3 aromatic rings. The molecule has 164 valence electrons. The molecular weight excluding hydrogens is 418 g/mol. The molecule has 3 unspecified atom stereocenters. The standard InChI is InChI=1S/C18H19F4N9/c1-9(15-25-5-10(19)6-26-15)30-16-11(3-4-12(28-16)18(20,21)22)14(23)31(17(30)24)13-7-29(2)8-27-13/h3-9,14,17H,23-24H2,1-2H3. The van der Waals surface area contributed by atoms with Crippen LogP contribution in [0, 0.1) is 5.82 Å². The summed E-state index contributed by atoms with van der Waals surface area (Å²) in [6.07, 6.45) is -1.47. The summed E-state index contributed by atoms with van der Waals surface area (Å²) in [6, 6.07) is 1.37. The maximum atomic E-state index is 13.4. The number of pyridine rings is 1. The van der Waals surface area contributed by atoms with Gasteiger partial charge in [-0.15, -0.1) is 0 Å². The van der Waals surface area contributed by atoms with Gasteiger partial charge in [0.1, 0.15) is 17.7 Å². The topological polar surface area (TPSA) is 115 Å². The number of nitrogens with zero attached hydrogens (tertiary/aromatic N) is 7. The Morgan fingerprint density at radius 3 is 2.35 bits per heavy atom. The Balaban J connectivity index is 1.87. The minimum atomic E-state index is -4.66. The van der Waals surface area contributed by atoms with Crippen molar-refractivity contribution in [3.8, 4) is 0 Å². The number of anilines is 2. The highest BCUT2D eigenvalue weighted by atomic mass is 19.4. The Morgan fingerprint density at radius 1 is 1.10 bits per heavy atom. The molecule has 4 heterocycles. The van der Waals surface area contributed by atoms with E-state index in [9.17, 15) is 17.6 Å². The van der Waals surface area contributed by atoms with E-state index in [1.54, 1.807) is 36.0 Å². The minimum Gasteiger partial charge on any atom is -0.338 e. The third kappa shape index (κ3) is 3.65. The third-order valence-electron chi connectivity index (χ3n) is 5.02. The molecule has 0 bridgehead atoms. The molecule has 3 atom stereocenters. The van der Waals surface area contributed by atoms with Gasteiger partial charge in [0.25, 0.3) is 0 Å². The molecule has 13 heteroatoms. The largest absolute Gasteiger partial charge is 0.433 e. The zero-order valence-corrected chi connectivity index (χ0v) is 16.5. The van der Waals surface area contributed by atoms with Crippen molar-refractivity contribution in [2.45, 2.75) is 31.6 Å². The second-order valence-electron chi connectivity index (χ2n) is 7.11. The van der Waals surface area contributed by atoms with Gasteiger partial charge in [-0.3, -0.25) is 5.73 Å². The molecule has 0 saturated carbocycles. The summed E-state index contributed by atoms with van der Waals surface area (Å²) in [5.74, 6) is -0.125. The van der Waals surface area contributed by atoms with Gasteiger partial charge in [0.15, 0.2) is 23.7 Å². The maximum Gasteiger partial charge on any atom is 0.433 e. The van der Waals surface area contributed by atoms with Gasteiger partial charge < -0.3 is 20.1 Å². The van der Waals surface area contributed by atoms with Gasteiger partial charge in [0.05, 0.1) is 24.8 Å². The van der Waals surface area contributed by atoms with E-state index in [1.807, 2.05) is 0 Å². The molecule has 0 spiro atoms. The molecule has 0 radical (unpaired) electrons. The average Bonchev–Trinajstić information content (AvgIpc) is 3.13. The smallest absolute Gasteiger partial charge is 0.338 e. The Morgan fingerprint density at radius 2 is 1.77 bits per heavy atom. The first-order valence-corrected chi connectivity index (χ1v) is 9.19. The van der Waals surface area contributed by atoms with Crippen LogP contribution in [-0.4, -0.2) is 30.8 Å². The Kier molecular flexibility index (Phi) is 5.01. The van der Waals surface area contributed by atoms with E-state index in [0.717, 1.165) is 18.5 Å². The lowest BCUT2D eigenvalue weighted by Gasteiger charge is -2.48. The van der Waals surface area contributed by atoms with Gasteiger partial charge >= 0.3 is 6.18 Å². The minimum absolute atomic E-state index is 0.0533. The predicted molar refractivity (Wildman–Crippen MR) is 103 cm³/mol. The Labute approximate surface area is 174 Å². The zero-order chi connectivity index (χ0) is 22.5. The van der Waals surface area contributed by atoms with Crippen LogP contribution in [0.3, 0.4) is 0 Å². The van der Waals surface area contributed by atoms with Crippen molar-refractivity contribution >= 4 is 11.6 Å². The number of hydrogen-bond acceptors (Lipinski definition) is 8. The van der Waals surface area contributed by atoms with Crippen molar-refractivity contribution in [3.63, 3.8) is 0 Å². The fraction of sp³-hybridized carbons (Fsp3) is 0.333. The van der Waals surface area contributed by atoms with E-state index in [0.29, 0.717) is 11.4 Å². The van der Waals surface area contributed by atoms with E-state index < -0.39 is 36.2 Å². The van der Waals surface area contributed by atoms with Gasteiger partial charge in [-0.2, -0.15) is 13.2 Å². The van der Waals surface area contributed by atoms with Crippen molar-refractivity contribution < 1.29 is 17.6 Å². The molecule has 0 aliphatic carbocycles. The molecule has 3 aromatic heterocycles. The van der Waals surface area contributed by atoms with Crippen LogP contribution >= 0.6 is 0 Å². The van der Waals surface area contributed by atoms with Gasteiger partial charge in [0.2, 0.25) is 0 Å². The van der Waals surface area contributed by atoms with Gasteiger partial charge in [-0.1, -0.05) is 0 Å². The summed E-state index contributed by atoms with van der Waals surface area (Å²) in [6.45, 7) is 1.63. The lowest BCUT2D eigenvalue weighted by molar-refractivity contribution is -0.141. The number of halogens is 4. The number of hydrogen-bond donors (Lipinski definition) is 2. The molecule has 0 aromatic carbocycles. The van der Waals surface area contributed by atoms with Gasteiger partial charge in [-0.05, 0) is 19.1 Å². The summed E-state index contributed by atoms with van der Waals surface area (Å²) < 4.78 is 55.1. The van der Waals surface area contributed by atoms with Crippen molar-refractivity contribution in [2.24, 2.45) is 18.5 Å². The summed E-state index contributed by atoms with van der Waals surface area (Å²) in [4.78, 5) is 19.0. The molecular formula is C18H19F4N9. The van der Waals surface area contributed by atoms with Crippen LogP contribution in [-0.2, 0) is 13.2 Å². The summed E-state index contributed by atoms with van der Waals surface area (Å²) in [5, 5.41) is 0. The summed E-state index contributed by atoms with van der Waals surface area (Å²) >= 11 is 0. The van der Waals surface area contributed by atoms with Crippen molar-refractivity contribution in [1.82, 2.24) is 24.5 Å². The molecule has 0 saturated heterocycles. The van der Waals surface area contributed by atoms with Crippen LogP contribution in [0.5, 0.6) is 0 Å². The summed E-state index contributed by atoms with van der Waals surface area (Å²) in [7, 11) is 1.76. The molecule has 1 aliphatic rings. The molecule has 4 rings (SSSR count). The van der Waals surface area contributed by atoms with Crippen molar-refractivity contribution in [2.75, 3.05) is 9.80 Å². The number of aromatic nitrogens is 5. The van der Waals surface area contributed by atoms with E-state index in [1.165, 1.54) is 11.0 Å². The second kappa shape index (κ2) is 7.42. The van der Waals surface area contributed by atoms with Crippen molar-refractivity contribution in [3.05, 3.63) is 59.9 Å². The number of rotatable bonds is 3. The number of alkyl halides is 3. The molecule has 4 N–H and O–H groups in total. The number of aryl methyl sites for hydroxylation is 1. The fourth-order valence-electron chi connectivity index (χ4n) is 3.51. The Hall–Kier alpha value is -3.32. The molecule has 0 fully saturated rings. The van der Waals surface area contributed by atoms with E-state index in [2.05, 4.69) is 19.9 Å².